The quantitative estimate of drug-likeness (QED) is 0.574. The molecule has 1 aliphatic heterocycles. The molecule has 3 nitrogen and oxygen atoms in total. The molecule has 0 amide bonds. The fraction of sp³-hybridized carbons (Fsp3) is 1.00. The van der Waals surface area contributed by atoms with Gasteiger partial charge < -0.3 is 4.74 Å². The van der Waals surface area contributed by atoms with Crippen LogP contribution in [-0.2, 0) is 4.74 Å². The lowest BCUT2D eigenvalue weighted by molar-refractivity contribution is 0.0471. The van der Waals surface area contributed by atoms with Crippen molar-refractivity contribution in [2.75, 3.05) is 13.2 Å². The lowest BCUT2D eigenvalue weighted by Gasteiger charge is -2.41. The molecular formula is C16H32N2O. The Morgan fingerprint density at radius 1 is 1.21 bits per heavy atom. The second kappa shape index (κ2) is 7.05. The van der Waals surface area contributed by atoms with Crippen molar-refractivity contribution in [2.24, 2.45) is 23.1 Å². The van der Waals surface area contributed by atoms with E-state index >= 15 is 0 Å². The third-order valence-corrected chi connectivity index (χ3v) is 5.26. The van der Waals surface area contributed by atoms with Crippen LogP contribution >= 0.6 is 0 Å². The van der Waals surface area contributed by atoms with Gasteiger partial charge in [0, 0.05) is 19.3 Å². The standard InChI is InChI=1S/C16H32N2O/c1-13(2)12-16(7-3-4-8-16)15(18-17)11-14-5-9-19-10-6-14/h13-15,18H,3-12,17H2,1-2H3. The van der Waals surface area contributed by atoms with E-state index in [9.17, 15) is 0 Å². The second-order valence-corrected chi connectivity index (χ2v) is 7.18. The maximum atomic E-state index is 5.95. The number of rotatable bonds is 6. The topological polar surface area (TPSA) is 47.3 Å². The molecule has 0 aromatic carbocycles. The van der Waals surface area contributed by atoms with E-state index in [0.717, 1.165) is 25.0 Å². The molecule has 3 N–H and O–H groups in total. The number of hydrazine groups is 1. The highest BCUT2D eigenvalue weighted by molar-refractivity contribution is 4.95. The number of ether oxygens (including phenoxy) is 1. The summed E-state index contributed by atoms with van der Waals surface area (Å²) >= 11 is 0. The highest BCUT2D eigenvalue weighted by atomic mass is 16.5. The van der Waals surface area contributed by atoms with Gasteiger partial charge in [0.15, 0.2) is 0 Å². The van der Waals surface area contributed by atoms with Gasteiger partial charge in [0.2, 0.25) is 0 Å². The number of hydrogen-bond acceptors (Lipinski definition) is 3. The Hall–Kier alpha value is -0.120. The molecule has 1 atom stereocenters. The van der Waals surface area contributed by atoms with Crippen molar-refractivity contribution in [1.29, 1.82) is 0 Å². The third-order valence-electron chi connectivity index (χ3n) is 5.26. The van der Waals surface area contributed by atoms with Gasteiger partial charge in [-0.2, -0.15) is 0 Å². The van der Waals surface area contributed by atoms with E-state index in [1.54, 1.807) is 0 Å². The normalized spacial score (nSPS) is 25.9. The van der Waals surface area contributed by atoms with Crippen LogP contribution in [0.15, 0.2) is 0 Å². The lowest BCUT2D eigenvalue weighted by Crippen LogP contribution is -2.49. The van der Waals surface area contributed by atoms with Crippen LogP contribution < -0.4 is 11.3 Å². The summed E-state index contributed by atoms with van der Waals surface area (Å²) in [5, 5.41) is 0. The first-order valence-corrected chi connectivity index (χ1v) is 8.20. The minimum atomic E-state index is 0.460. The Bertz CT molecular complexity index is 255. The van der Waals surface area contributed by atoms with E-state index in [0.29, 0.717) is 11.5 Å². The van der Waals surface area contributed by atoms with Crippen molar-refractivity contribution in [1.82, 2.24) is 5.43 Å². The Morgan fingerprint density at radius 2 is 1.84 bits per heavy atom. The molecule has 0 aromatic heterocycles. The summed E-state index contributed by atoms with van der Waals surface area (Å²) in [5.74, 6) is 7.52. The van der Waals surface area contributed by atoms with E-state index in [4.69, 9.17) is 10.6 Å². The zero-order chi connectivity index (χ0) is 13.7. The molecule has 0 aromatic rings. The minimum Gasteiger partial charge on any atom is -0.381 e. The molecule has 1 unspecified atom stereocenters. The van der Waals surface area contributed by atoms with E-state index in [1.165, 1.54) is 51.4 Å². The zero-order valence-electron chi connectivity index (χ0n) is 12.8. The molecule has 112 valence electrons. The van der Waals surface area contributed by atoms with Gasteiger partial charge in [0.05, 0.1) is 0 Å². The second-order valence-electron chi connectivity index (χ2n) is 7.18. The molecule has 1 saturated heterocycles. The molecule has 1 heterocycles. The van der Waals surface area contributed by atoms with Gasteiger partial charge in [-0.1, -0.05) is 26.7 Å². The van der Waals surface area contributed by atoms with E-state index in [-0.39, 0.29) is 0 Å². The van der Waals surface area contributed by atoms with Gasteiger partial charge in [-0.25, -0.2) is 0 Å². The van der Waals surface area contributed by atoms with Crippen LogP contribution in [0.2, 0.25) is 0 Å². The van der Waals surface area contributed by atoms with Crippen molar-refractivity contribution in [3.05, 3.63) is 0 Å². The van der Waals surface area contributed by atoms with Gasteiger partial charge in [0.1, 0.15) is 0 Å². The summed E-state index contributed by atoms with van der Waals surface area (Å²) in [4.78, 5) is 0. The number of nitrogens with two attached hydrogens (primary N) is 1. The third kappa shape index (κ3) is 3.93. The summed E-state index contributed by atoms with van der Waals surface area (Å²) in [5.41, 5.74) is 3.66. The van der Waals surface area contributed by atoms with E-state index < -0.39 is 0 Å². The van der Waals surface area contributed by atoms with Gasteiger partial charge in [-0.3, -0.25) is 11.3 Å². The molecule has 1 saturated carbocycles. The Kier molecular flexibility index (Phi) is 5.67. The first-order chi connectivity index (χ1) is 9.16. The van der Waals surface area contributed by atoms with Crippen molar-refractivity contribution in [2.45, 2.75) is 71.3 Å². The van der Waals surface area contributed by atoms with Crippen LogP contribution in [0.4, 0.5) is 0 Å². The molecule has 2 fully saturated rings. The average Bonchev–Trinajstić information content (AvgIpc) is 2.85. The molecule has 2 rings (SSSR count). The summed E-state index contributed by atoms with van der Waals surface area (Å²) in [7, 11) is 0. The molecule has 0 radical (unpaired) electrons. The summed E-state index contributed by atoms with van der Waals surface area (Å²) in [6.07, 6.45) is 10.5. The Morgan fingerprint density at radius 3 is 2.37 bits per heavy atom. The smallest absolute Gasteiger partial charge is 0.0468 e. The SMILES string of the molecule is CC(C)CC1(C(CC2CCOCC2)NN)CCCC1. The lowest BCUT2D eigenvalue weighted by atomic mass is 9.69. The first kappa shape index (κ1) is 15.3. The van der Waals surface area contributed by atoms with Gasteiger partial charge in [-0.05, 0) is 55.8 Å². The van der Waals surface area contributed by atoms with Gasteiger partial charge >= 0.3 is 0 Å². The maximum absolute atomic E-state index is 5.95. The largest absolute Gasteiger partial charge is 0.381 e. The summed E-state index contributed by atoms with van der Waals surface area (Å²) in [6, 6.07) is 0.500. The highest BCUT2D eigenvalue weighted by Crippen LogP contribution is 2.47. The summed E-state index contributed by atoms with van der Waals surface area (Å²) < 4.78 is 5.48. The molecule has 0 bridgehead atoms. The van der Waals surface area contributed by atoms with Crippen LogP contribution in [0.25, 0.3) is 0 Å². The predicted molar refractivity (Wildman–Crippen MR) is 79.6 cm³/mol. The fourth-order valence-corrected chi connectivity index (χ4v) is 4.40. The van der Waals surface area contributed by atoms with Crippen LogP contribution in [-0.4, -0.2) is 19.3 Å². The van der Waals surface area contributed by atoms with Crippen molar-refractivity contribution >= 4 is 0 Å². The van der Waals surface area contributed by atoms with Crippen LogP contribution in [0.1, 0.15) is 65.2 Å². The monoisotopic (exact) mass is 268 g/mol. The Balaban J connectivity index is 1.99. The molecule has 1 aliphatic carbocycles. The number of nitrogens with one attached hydrogen (secondary N) is 1. The van der Waals surface area contributed by atoms with E-state index in [2.05, 4.69) is 19.3 Å². The molecule has 0 spiro atoms. The average molecular weight is 268 g/mol. The fourth-order valence-electron chi connectivity index (χ4n) is 4.40. The van der Waals surface area contributed by atoms with Crippen LogP contribution in [0.3, 0.4) is 0 Å². The van der Waals surface area contributed by atoms with Crippen molar-refractivity contribution in [3.63, 3.8) is 0 Å². The minimum absolute atomic E-state index is 0.460. The predicted octanol–water partition coefficient (Wildman–Crippen LogP) is 3.24. The maximum Gasteiger partial charge on any atom is 0.0468 e. The molecule has 2 aliphatic rings. The molecule has 3 heteroatoms. The Labute approximate surface area is 118 Å². The molecular weight excluding hydrogens is 236 g/mol. The van der Waals surface area contributed by atoms with Crippen molar-refractivity contribution in [3.8, 4) is 0 Å². The first-order valence-electron chi connectivity index (χ1n) is 8.20. The summed E-state index contributed by atoms with van der Waals surface area (Å²) in [6.45, 7) is 6.59. The van der Waals surface area contributed by atoms with Crippen molar-refractivity contribution < 1.29 is 4.74 Å². The van der Waals surface area contributed by atoms with Gasteiger partial charge in [0.25, 0.3) is 0 Å². The van der Waals surface area contributed by atoms with Crippen LogP contribution in [0.5, 0.6) is 0 Å². The molecule has 19 heavy (non-hydrogen) atoms. The van der Waals surface area contributed by atoms with Gasteiger partial charge in [-0.15, -0.1) is 0 Å². The highest BCUT2D eigenvalue weighted by Gasteiger charge is 2.41. The van der Waals surface area contributed by atoms with E-state index in [1.807, 2.05) is 0 Å². The zero-order valence-corrected chi connectivity index (χ0v) is 12.8. The number of hydrogen-bond donors (Lipinski definition) is 2. The van der Waals surface area contributed by atoms with Crippen LogP contribution in [0, 0.1) is 17.3 Å².